The molecule has 7 heteroatoms. The van der Waals surface area contributed by atoms with Crippen molar-refractivity contribution in [1.82, 2.24) is 20.2 Å². The number of aliphatic hydroxyl groups is 1. The Labute approximate surface area is 134 Å². The van der Waals surface area contributed by atoms with Crippen LogP contribution in [-0.4, -0.2) is 44.0 Å². The normalized spacial score (nSPS) is 29.3. The van der Waals surface area contributed by atoms with Crippen LogP contribution >= 0.6 is 0 Å². The van der Waals surface area contributed by atoms with E-state index in [0.717, 1.165) is 31.0 Å². The number of fused-ring (bicyclic) bond motifs is 2. The summed E-state index contributed by atoms with van der Waals surface area (Å²) < 4.78 is 0. The molecule has 0 amide bonds. The lowest BCUT2D eigenvalue weighted by Crippen LogP contribution is -2.61. The van der Waals surface area contributed by atoms with Gasteiger partial charge in [0.05, 0.1) is 5.60 Å². The van der Waals surface area contributed by atoms with Crippen LogP contribution in [0, 0.1) is 5.92 Å². The van der Waals surface area contributed by atoms with E-state index in [1.807, 2.05) is 6.07 Å². The van der Waals surface area contributed by atoms with Crippen LogP contribution in [0.2, 0.25) is 0 Å². The summed E-state index contributed by atoms with van der Waals surface area (Å²) in [6.07, 6.45) is 6.08. The molecule has 120 valence electrons. The van der Waals surface area contributed by atoms with Crippen molar-refractivity contribution in [2.24, 2.45) is 5.92 Å². The summed E-state index contributed by atoms with van der Waals surface area (Å²) in [6, 6.07) is 3.90. The number of piperidine rings is 2. The largest absolute Gasteiger partial charge is 0.388 e. The molecule has 3 N–H and O–H groups in total. The predicted octanol–water partition coefficient (Wildman–Crippen LogP) is 1.78. The number of nitrogens with one attached hydrogen (secondary N) is 2. The van der Waals surface area contributed by atoms with Gasteiger partial charge in [-0.15, -0.1) is 0 Å². The number of nitrogens with zero attached hydrogens (tertiary/aromatic N) is 4. The maximum atomic E-state index is 10.3. The Hall–Kier alpha value is -2.15. The molecule has 6 rings (SSSR count). The second-order valence-electron chi connectivity index (χ2n) is 7.23. The van der Waals surface area contributed by atoms with Crippen LogP contribution in [0.5, 0.6) is 0 Å². The van der Waals surface area contributed by atoms with Crippen molar-refractivity contribution in [2.45, 2.75) is 37.2 Å². The van der Waals surface area contributed by atoms with E-state index in [2.05, 4.69) is 36.4 Å². The first-order valence-corrected chi connectivity index (χ1v) is 8.30. The maximum absolute atomic E-state index is 10.3. The molecule has 0 spiro atoms. The highest BCUT2D eigenvalue weighted by atomic mass is 16.3. The molecule has 2 saturated heterocycles. The third-order valence-electron chi connectivity index (χ3n) is 5.10. The highest BCUT2D eigenvalue weighted by Gasteiger charge is 2.49. The molecule has 2 aromatic heterocycles. The Morgan fingerprint density at radius 1 is 1.30 bits per heavy atom. The summed E-state index contributed by atoms with van der Waals surface area (Å²) in [4.78, 5) is 11.0. The standard InChI is InChI=1S/C16H20N6O/c23-16-6-10(7-16)8-22(9-16)15-17-4-3-13(19-15)18-14-5-12(20-21-14)11-1-2-11/h3-5,10-11,23H,1-2,6-9H2,(H2,17,18,19,20,21). The Morgan fingerprint density at radius 2 is 2.17 bits per heavy atom. The first kappa shape index (κ1) is 13.3. The van der Waals surface area contributed by atoms with Crippen LogP contribution < -0.4 is 10.2 Å². The average Bonchev–Trinajstić information content (AvgIpc) is 3.27. The fourth-order valence-corrected chi connectivity index (χ4v) is 3.86. The minimum atomic E-state index is -0.531. The van der Waals surface area contributed by atoms with Crippen LogP contribution in [0.15, 0.2) is 18.3 Å². The molecule has 4 fully saturated rings. The molecule has 2 aliphatic carbocycles. The summed E-state index contributed by atoms with van der Waals surface area (Å²) in [6.45, 7) is 1.56. The van der Waals surface area contributed by atoms with Crippen molar-refractivity contribution < 1.29 is 5.11 Å². The zero-order valence-electron chi connectivity index (χ0n) is 12.9. The average molecular weight is 312 g/mol. The fraction of sp³-hybridized carbons (Fsp3) is 0.562. The number of hydrogen-bond acceptors (Lipinski definition) is 6. The van der Waals surface area contributed by atoms with Gasteiger partial charge in [0, 0.05) is 37.0 Å². The van der Waals surface area contributed by atoms with Gasteiger partial charge < -0.3 is 15.3 Å². The van der Waals surface area contributed by atoms with Gasteiger partial charge in [-0.05, 0) is 37.7 Å². The molecule has 0 unspecified atom stereocenters. The van der Waals surface area contributed by atoms with E-state index in [9.17, 15) is 5.11 Å². The lowest BCUT2D eigenvalue weighted by atomic mass is 9.67. The minimum Gasteiger partial charge on any atom is -0.388 e. The van der Waals surface area contributed by atoms with E-state index < -0.39 is 5.60 Å². The molecule has 2 aliphatic heterocycles. The van der Waals surface area contributed by atoms with Crippen molar-refractivity contribution in [1.29, 1.82) is 0 Å². The summed E-state index contributed by atoms with van der Waals surface area (Å²) >= 11 is 0. The van der Waals surface area contributed by atoms with Crippen LogP contribution in [0.25, 0.3) is 0 Å². The molecule has 0 aromatic carbocycles. The lowest BCUT2D eigenvalue weighted by molar-refractivity contribution is -0.0842. The number of hydrogen-bond donors (Lipinski definition) is 3. The van der Waals surface area contributed by atoms with Gasteiger partial charge in [0.1, 0.15) is 5.82 Å². The molecule has 2 bridgehead atoms. The van der Waals surface area contributed by atoms with E-state index >= 15 is 0 Å². The first-order valence-electron chi connectivity index (χ1n) is 8.30. The van der Waals surface area contributed by atoms with Crippen LogP contribution in [0.4, 0.5) is 17.6 Å². The van der Waals surface area contributed by atoms with Gasteiger partial charge in [-0.2, -0.15) is 10.1 Å². The monoisotopic (exact) mass is 312 g/mol. The van der Waals surface area contributed by atoms with Crippen molar-refractivity contribution in [2.75, 3.05) is 23.3 Å². The Balaban J connectivity index is 1.33. The second kappa shape index (κ2) is 4.67. The van der Waals surface area contributed by atoms with E-state index in [4.69, 9.17) is 0 Å². The van der Waals surface area contributed by atoms with E-state index in [-0.39, 0.29) is 0 Å². The molecule has 2 saturated carbocycles. The van der Waals surface area contributed by atoms with E-state index in [0.29, 0.717) is 24.3 Å². The van der Waals surface area contributed by atoms with Crippen LogP contribution in [-0.2, 0) is 0 Å². The highest BCUT2D eigenvalue weighted by molar-refractivity contribution is 5.54. The molecule has 4 aliphatic rings. The maximum Gasteiger partial charge on any atom is 0.227 e. The van der Waals surface area contributed by atoms with E-state index in [1.54, 1.807) is 6.20 Å². The topological polar surface area (TPSA) is 90.0 Å². The quantitative estimate of drug-likeness (QED) is 0.797. The Morgan fingerprint density at radius 3 is 2.96 bits per heavy atom. The van der Waals surface area contributed by atoms with Gasteiger partial charge in [0.2, 0.25) is 5.95 Å². The SMILES string of the molecule is OC12CC(CN(c3nccc(Nc4cc(C5CC5)[nH]n4)n3)C1)C2. The second-order valence-corrected chi connectivity index (χ2v) is 7.23. The third kappa shape index (κ3) is 2.45. The third-order valence-corrected chi connectivity index (χ3v) is 5.10. The number of aromatic nitrogens is 4. The molecule has 4 heterocycles. The van der Waals surface area contributed by atoms with Crippen LogP contribution in [0.1, 0.15) is 37.3 Å². The first-order chi connectivity index (χ1) is 11.2. The van der Waals surface area contributed by atoms with Gasteiger partial charge in [-0.3, -0.25) is 5.10 Å². The predicted molar refractivity (Wildman–Crippen MR) is 85.8 cm³/mol. The number of aromatic amines is 1. The Kier molecular flexibility index (Phi) is 2.70. The summed E-state index contributed by atoms with van der Waals surface area (Å²) in [7, 11) is 0. The number of H-pyrrole nitrogens is 1. The summed E-state index contributed by atoms with van der Waals surface area (Å²) in [5.74, 6) is 3.42. The minimum absolute atomic E-state index is 0.531. The molecule has 23 heavy (non-hydrogen) atoms. The molecule has 2 aromatic rings. The molecular formula is C16H20N6O. The van der Waals surface area contributed by atoms with Gasteiger partial charge in [0.15, 0.2) is 5.82 Å². The Bertz CT molecular complexity index is 734. The molecular weight excluding hydrogens is 292 g/mol. The van der Waals surface area contributed by atoms with Crippen molar-refractivity contribution in [3.05, 3.63) is 24.0 Å². The number of rotatable bonds is 4. The van der Waals surface area contributed by atoms with Crippen molar-refractivity contribution in [3.8, 4) is 0 Å². The van der Waals surface area contributed by atoms with Gasteiger partial charge >= 0.3 is 0 Å². The molecule has 0 atom stereocenters. The summed E-state index contributed by atoms with van der Waals surface area (Å²) in [5, 5.41) is 20.9. The molecule has 7 nitrogen and oxygen atoms in total. The summed E-state index contributed by atoms with van der Waals surface area (Å²) in [5.41, 5.74) is 0.664. The fourth-order valence-electron chi connectivity index (χ4n) is 3.86. The van der Waals surface area contributed by atoms with Crippen LogP contribution in [0.3, 0.4) is 0 Å². The van der Waals surface area contributed by atoms with Gasteiger partial charge in [0.25, 0.3) is 0 Å². The van der Waals surface area contributed by atoms with E-state index in [1.165, 1.54) is 18.5 Å². The van der Waals surface area contributed by atoms with Gasteiger partial charge in [-0.1, -0.05) is 0 Å². The molecule has 0 radical (unpaired) electrons. The smallest absolute Gasteiger partial charge is 0.227 e. The lowest BCUT2D eigenvalue weighted by Gasteiger charge is -2.53. The van der Waals surface area contributed by atoms with Gasteiger partial charge in [-0.25, -0.2) is 4.98 Å². The zero-order chi connectivity index (χ0) is 15.4. The zero-order valence-corrected chi connectivity index (χ0v) is 12.9. The van der Waals surface area contributed by atoms with Crippen molar-refractivity contribution >= 4 is 17.6 Å². The highest BCUT2D eigenvalue weighted by Crippen LogP contribution is 2.44. The van der Waals surface area contributed by atoms with Crippen molar-refractivity contribution in [3.63, 3.8) is 0 Å². The number of anilines is 3.